The van der Waals surface area contributed by atoms with Crippen LogP contribution in [-0.4, -0.2) is 60.3 Å². The van der Waals surface area contributed by atoms with Crippen molar-refractivity contribution in [1.82, 2.24) is 15.1 Å². The summed E-state index contributed by atoms with van der Waals surface area (Å²) in [5.74, 6) is 1.57. The Hall–Kier alpha value is -2.28. The molecule has 3 atom stereocenters. The third-order valence-corrected chi connectivity index (χ3v) is 9.45. The van der Waals surface area contributed by atoms with Crippen molar-refractivity contribution in [2.75, 3.05) is 32.7 Å². The van der Waals surface area contributed by atoms with Crippen LogP contribution in [0, 0.1) is 23.1 Å². The van der Waals surface area contributed by atoms with E-state index in [1.165, 1.54) is 30.5 Å². The molecule has 204 valence electrons. The lowest BCUT2D eigenvalue weighted by Gasteiger charge is -2.44. The Morgan fingerprint density at radius 2 is 1.66 bits per heavy atom. The monoisotopic (exact) mass is 539 g/mol. The Labute approximate surface area is 231 Å². The molecule has 2 aromatic rings. The predicted octanol–water partition coefficient (Wildman–Crippen LogP) is 4.80. The zero-order valence-electron chi connectivity index (χ0n) is 22.0. The first kappa shape index (κ1) is 27.3. The molecule has 5 nitrogen and oxygen atoms in total. The van der Waals surface area contributed by atoms with Gasteiger partial charge in [0.2, 0.25) is 5.91 Å². The first-order chi connectivity index (χ1) is 18.0. The van der Waals surface area contributed by atoms with Crippen molar-refractivity contribution in [1.29, 1.82) is 0 Å². The van der Waals surface area contributed by atoms with Crippen LogP contribution in [0.15, 0.2) is 54.6 Å². The van der Waals surface area contributed by atoms with Gasteiger partial charge in [0, 0.05) is 44.4 Å². The van der Waals surface area contributed by atoms with E-state index in [0.717, 1.165) is 57.5 Å². The topological polar surface area (TPSA) is 52.7 Å². The molecular weight excluding hydrogens is 501 g/mol. The molecule has 3 aliphatic heterocycles. The number of rotatable bonds is 8. The number of nitrogens with one attached hydrogen (secondary N) is 1. The summed E-state index contributed by atoms with van der Waals surface area (Å²) < 4.78 is 13.3. The summed E-state index contributed by atoms with van der Waals surface area (Å²) in [5.41, 5.74) is 1.97. The number of halogens is 2. The van der Waals surface area contributed by atoms with E-state index in [0.29, 0.717) is 30.6 Å². The molecule has 1 N–H and O–H groups in total. The molecular formula is C31H39ClFN3O2. The number of amides is 1. The highest BCUT2D eigenvalue weighted by Gasteiger charge is 2.50. The molecule has 7 heteroatoms. The highest BCUT2D eigenvalue weighted by atomic mass is 35.5. The first-order valence-electron chi connectivity index (χ1n) is 14.1. The van der Waals surface area contributed by atoms with Crippen molar-refractivity contribution in [2.45, 2.75) is 57.0 Å². The SMILES string of the molecule is Cl.O=C(CC1CC1)C([C@@H]1CNC[C@@H]1c1ccccc1)N1CCC2(CCN(Cc3ccc(F)cc3)C2=O)CC1. The second kappa shape index (κ2) is 11.4. The largest absolute Gasteiger partial charge is 0.338 e. The minimum Gasteiger partial charge on any atom is -0.338 e. The van der Waals surface area contributed by atoms with Crippen molar-refractivity contribution in [3.63, 3.8) is 0 Å². The molecule has 1 saturated carbocycles. The Morgan fingerprint density at radius 3 is 2.34 bits per heavy atom. The Bertz CT molecular complexity index is 1120. The van der Waals surface area contributed by atoms with Gasteiger partial charge in [0.25, 0.3) is 0 Å². The van der Waals surface area contributed by atoms with Crippen LogP contribution in [0.1, 0.15) is 55.6 Å². The third kappa shape index (κ3) is 5.54. The van der Waals surface area contributed by atoms with Crippen LogP contribution in [0.4, 0.5) is 4.39 Å². The molecule has 3 heterocycles. The van der Waals surface area contributed by atoms with Gasteiger partial charge in [-0.1, -0.05) is 42.5 Å². The van der Waals surface area contributed by atoms with Gasteiger partial charge in [0.1, 0.15) is 5.82 Å². The Balaban J connectivity index is 0.00000294. The molecule has 0 radical (unpaired) electrons. The lowest BCUT2D eigenvalue weighted by molar-refractivity contribution is -0.140. The maximum atomic E-state index is 13.7. The normalized spacial score (nSPS) is 25.9. The zero-order valence-corrected chi connectivity index (χ0v) is 22.8. The average molecular weight is 540 g/mol. The molecule has 0 aromatic heterocycles. The molecule has 4 fully saturated rings. The molecule has 6 rings (SSSR count). The highest BCUT2D eigenvalue weighted by Crippen LogP contribution is 2.44. The van der Waals surface area contributed by atoms with E-state index in [1.807, 2.05) is 4.90 Å². The summed E-state index contributed by atoms with van der Waals surface area (Å²) in [6, 6.07) is 17.0. The number of likely N-dealkylation sites (tertiary alicyclic amines) is 2. The van der Waals surface area contributed by atoms with Crippen molar-refractivity contribution >= 4 is 24.1 Å². The van der Waals surface area contributed by atoms with Crippen molar-refractivity contribution in [3.05, 3.63) is 71.5 Å². The molecule has 3 saturated heterocycles. The fourth-order valence-electron chi connectivity index (χ4n) is 7.08. The molecule has 4 aliphatic rings. The van der Waals surface area contributed by atoms with Crippen LogP contribution >= 0.6 is 12.4 Å². The van der Waals surface area contributed by atoms with Crippen LogP contribution in [-0.2, 0) is 16.1 Å². The average Bonchev–Trinajstić information content (AvgIpc) is 3.52. The minimum absolute atomic E-state index is 0. The summed E-state index contributed by atoms with van der Waals surface area (Å²) in [6.07, 6.45) is 5.58. The van der Waals surface area contributed by atoms with E-state index in [9.17, 15) is 14.0 Å². The maximum absolute atomic E-state index is 13.7. The van der Waals surface area contributed by atoms with Crippen LogP contribution in [0.5, 0.6) is 0 Å². The van der Waals surface area contributed by atoms with E-state index in [1.54, 1.807) is 12.1 Å². The molecule has 1 amide bonds. The fraction of sp³-hybridized carbons (Fsp3) is 0.548. The van der Waals surface area contributed by atoms with Gasteiger partial charge in [-0.05, 0) is 74.4 Å². The number of carbonyl (C=O) groups excluding carboxylic acids is 2. The number of benzene rings is 2. The quantitative estimate of drug-likeness (QED) is 0.523. The molecule has 0 bridgehead atoms. The van der Waals surface area contributed by atoms with Gasteiger partial charge in [-0.25, -0.2) is 4.39 Å². The van der Waals surface area contributed by atoms with Gasteiger partial charge < -0.3 is 10.2 Å². The second-order valence-electron chi connectivity index (χ2n) is 11.8. The van der Waals surface area contributed by atoms with Crippen molar-refractivity contribution < 1.29 is 14.0 Å². The van der Waals surface area contributed by atoms with Crippen molar-refractivity contribution in [3.8, 4) is 0 Å². The van der Waals surface area contributed by atoms with Gasteiger partial charge in [0.05, 0.1) is 11.5 Å². The zero-order chi connectivity index (χ0) is 25.4. The molecule has 38 heavy (non-hydrogen) atoms. The standard InChI is InChI=1S/C31H38FN3O2.ClH/c32-25-10-8-23(9-11-25)21-35-17-14-31(30(35)37)12-15-34(16-13-31)29(28(36)18-22-6-7-22)27-20-33-19-26(27)24-4-2-1-3-5-24;/h1-5,8-11,22,26-27,29,33H,6-7,12-21H2;1H/t26-,27-,29?;/m1./s1. The summed E-state index contributed by atoms with van der Waals surface area (Å²) in [7, 11) is 0. The second-order valence-corrected chi connectivity index (χ2v) is 11.8. The number of hydrogen-bond donors (Lipinski definition) is 1. The maximum Gasteiger partial charge on any atom is 0.229 e. The van der Waals surface area contributed by atoms with Crippen LogP contribution in [0.3, 0.4) is 0 Å². The molecule has 1 spiro atoms. The number of hydrogen-bond acceptors (Lipinski definition) is 4. The lowest BCUT2D eigenvalue weighted by Crippen LogP contribution is -2.54. The highest BCUT2D eigenvalue weighted by molar-refractivity contribution is 5.86. The van der Waals surface area contributed by atoms with E-state index in [2.05, 4.69) is 40.5 Å². The molecule has 1 aliphatic carbocycles. The van der Waals surface area contributed by atoms with E-state index >= 15 is 0 Å². The van der Waals surface area contributed by atoms with Gasteiger partial charge in [0.15, 0.2) is 5.78 Å². The summed E-state index contributed by atoms with van der Waals surface area (Å²) in [4.78, 5) is 31.7. The van der Waals surface area contributed by atoms with Gasteiger partial charge >= 0.3 is 0 Å². The smallest absolute Gasteiger partial charge is 0.229 e. The van der Waals surface area contributed by atoms with Gasteiger partial charge in [-0.15, -0.1) is 12.4 Å². The lowest BCUT2D eigenvalue weighted by atomic mass is 9.74. The van der Waals surface area contributed by atoms with E-state index in [4.69, 9.17) is 0 Å². The summed E-state index contributed by atoms with van der Waals surface area (Å²) >= 11 is 0. The van der Waals surface area contributed by atoms with E-state index < -0.39 is 0 Å². The number of ketones is 1. The molecule has 2 aromatic carbocycles. The first-order valence-corrected chi connectivity index (χ1v) is 14.1. The van der Waals surface area contributed by atoms with Gasteiger partial charge in [-0.3, -0.25) is 14.5 Å². The number of carbonyl (C=O) groups is 2. The number of nitrogens with zero attached hydrogens (tertiary/aromatic N) is 2. The van der Waals surface area contributed by atoms with Crippen LogP contribution < -0.4 is 5.32 Å². The van der Waals surface area contributed by atoms with Crippen LogP contribution in [0.2, 0.25) is 0 Å². The fourth-order valence-corrected chi connectivity index (χ4v) is 7.08. The number of Topliss-reactive ketones (excluding diaryl/α,β-unsaturated/α-hetero) is 1. The van der Waals surface area contributed by atoms with Gasteiger partial charge in [-0.2, -0.15) is 0 Å². The minimum atomic E-state index is -0.312. The number of piperidine rings is 1. The summed E-state index contributed by atoms with van der Waals surface area (Å²) in [6.45, 7) is 4.68. The van der Waals surface area contributed by atoms with Crippen molar-refractivity contribution in [2.24, 2.45) is 17.3 Å². The molecule has 1 unspecified atom stereocenters. The van der Waals surface area contributed by atoms with Crippen LogP contribution in [0.25, 0.3) is 0 Å². The Morgan fingerprint density at radius 1 is 0.974 bits per heavy atom. The Kier molecular flexibility index (Phi) is 8.22. The third-order valence-electron chi connectivity index (χ3n) is 9.45. The van der Waals surface area contributed by atoms with E-state index in [-0.39, 0.29) is 41.5 Å². The predicted molar refractivity (Wildman–Crippen MR) is 149 cm³/mol. The summed E-state index contributed by atoms with van der Waals surface area (Å²) in [5, 5.41) is 3.59.